The highest BCUT2D eigenvalue weighted by Crippen LogP contribution is 2.28. The molecule has 1 aliphatic carbocycles. The van der Waals surface area contributed by atoms with Crippen molar-refractivity contribution in [1.29, 1.82) is 0 Å². The number of hydrogen-bond donors (Lipinski definition) is 2. The minimum absolute atomic E-state index is 0.0867. The lowest BCUT2D eigenvalue weighted by Gasteiger charge is -2.12. The Hall–Kier alpha value is -1.77. The maximum absolute atomic E-state index is 11.6. The molecule has 3 nitrogen and oxygen atoms in total. The van der Waals surface area contributed by atoms with Crippen molar-refractivity contribution in [2.45, 2.75) is 25.7 Å². The van der Waals surface area contributed by atoms with Gasteiger partial charge in [0.2, 0.25) is 0 Å². The van der Waals surface area contributed by atoms with Crippen LogP contribution in [0, 0.1) is 0 Å². The van der Waals surface area contributed by atoms with Crippen molar-refractivity contribution in [3.05, 3.63) is 29.3 Å². The first kappa shape index (κ1) is 10.7. The fourth-order valence-corrected chi connectivity index (χ4v) is 1.90. The maximum Gasteiger partial charge on any atom is 0.158 e. The molecule has 1 saturated carbocycles. The molecule has 0 atom stereocenters. The van der Waals surface area contributed by atoms with Crippen molar-refractivity contribution in [1.82, 2.24) is 0 Å². The molecular weight excluding hydrogens is 204 g/mol. The summed E-state index contributed by atoms with van der Waals surface area (Å²) < 4.78 is 0. The number of aromatic hydroxyl groups is 2. The quantitative estimate of drug-likeness (QED) is 0.562. The third-order valence-electron chi connectivity index (χ3n) is 2.80. The molecule has 0 aromatic heterocycles. The summed E-state index contributed by atoms with van der Waals surface area (Å²) in [4.78, 5) is 11.6. The Kier molecular flexibility index (Phi) is 2.95. The summed E-state index contributed by atoms with van der Waals surface area (Å²) in [7, 11) is 0. The van der Waals surface area contributed by atoms with Gasteiger partial charge in [0.15, 0.2) is 5.78 Å². The molecule has 0 saturated heterocycles. The number of benzene rings is 1. The molecule has 0 aliphatic heterocycles. The average Bonchev–Trinajstić information content (AvgIpc) is 2.27. The minimum Gasteiger partial charge on any atom is -0.508 e. The van der Waals surface area contributed by atoms with E-state index in [0.717, 1.165) is 24.8 Å². The van der Waals surface area contributed by atoms with Crippen molar-refractivity contribution in [3.63, 3.8) is 0 Å². The van der Waals surface area contributed by atoms with E-state index in [4.69, 9.17) is 0 Å². The smallest absolute Gasteiger partial charge is 0.158 e. The van der Waals surface area contributed by atoms with E-state index in [9.17, 15) is 15.0 Å². The molecule has 1 aromatic carbocycles. The van der Waals surface area contributed by atoms with E-state index in [-0.39, 0.29) is 17.3 Å². The van der Waals surface area contributed by atoms with Crippen molar-refractivity contribution < 1.29 is 15.0 Å². The second kappa shape index (κ2) is 4.39. The molecule has 1 aliphatic rings. The van der Waals surface area contributed by atoms with Crippen LogP contribution in [0.5, 0.6) is 11.5 Å². The average molecular weight is 218 g/mol. The van der Waals surface area contributed by atoms with Crippen molar-refractivity contribution in [2.75, 3.05) is 0 Å². The van der Waals surface area contributed by atoms with Crippen molar-refractivity contribution in [2.24, 2.45) is 0 Å². The highest BCUT2D eigenvalue weighted by Gasteiger charge is 2.15. The van der Waals surface area contributed by atoms with Crippen molar-refractivity contribution >= 4 is 11.9 Å². The molecule has 16 heavy (non-hydrogen) atoms. The first-order valence-corrected chi connectivity index (χ1v) is 5.42. The second-order valence-electron chi connectivity index (χ2n) is 4.04. The van der Waals surface area contributed by atoms with Crippen LogP contribution in [-0.4, -0.2) is 16.0 Å². The molecule has 1 fully saturated rings. The molecule has 3 heteroatoms. The zero-order valence-electron chi connectivity index (χ0n) is 8.94. The van der Waals surface area contributed by atoms with Gasteiger partial charge >= 0.3 is 0 Å². The van der Waals surface area contributed by atoms with Gasteiger partial charge < -0.3 is 10.2 Å². The molecule has 2 rings (SSSR count). The van der Waals surface area contributed by atoms with Crippen LogP contribution in [0.2, 0.25) is 0 Å². The van der Waals surface area contributed by atoms with Gasteiger partial charge in [-0.05, 0) is 49.1 Å². The lowest BCUT2D eigenvalue weighted by Crippen LogP contribution is -2.07. The Morgan fingerprint density at radius 3 is 2.62 bits per heavy atom. The lowest BCUT2D eigenvalue weighted by atomic mass is 9.92. The van der Waals surface area contributed by atoms with E-state index in [1.54, 1.807) is 6.08 Å². The SMILES string of the molecule is O=C1CCCC/C1=C\c1cc(O)ccc1O. The second-order valence-corrected chi connectivity index (χ2v) is 4.04. The van der Waals surface area contributed by atoms with Crippen LogP contribution in [0.4, 0.5) is 0 Å². The predicted octanol–water partition coefficient (Wildman–Crippen LogP) is 2.62. The molecule has 0 amide bonds. The molecule has 0 bridgehead atoms. The lowest BCUT2D eigenvalue weighted by molar-refractivity contribution is -0.116. The van der Waals surface area contributed by atoms with Gasteiger partial charge in [0.1, 0.15) is 11.5 Å². The first-order chi connectivity index (χ1) is 7.66. The fraction of sp³-hybridized carbons (Fsp3) is 0.308. The van der Waals surface area contributed by atoms with Crippen LogP contribution in [-0.2, 0) is 4.79 Å². The summed E-state index contributed by atoms with van der Waals surface area (Å²) in [6, 6.07) is 4.30. The summed E-state index contributed by atoms with van der Waals surface area (Å²) in [6.07, 6.45) is 4.98. The number of phenolic OH excluding ortho intramolecular Hbond substituents is 2. The number of carbonyl (C=O) groups is 1. The summed E-state index contributed by atoms with van der Waals surface area (Å²) in [5.41, 5.74) is 1.25. The highest BCUT2D eigenvalue weighted by atomic mass is 16.3. The zero-order valence-corrected chi connectivity index (χ0v) is 8.94. The number of carbonyl (C=O) groups excluding carboxylic acids is 1. The molecule has 0 radical (unpaired) electrons. The van der Waals surface area contributed by atoms with E-state index < -0.39 is 0 Å². The molecule has 1 aromatic rings. The van der Waals surface area contributed by atoms with E-state index >= 15 is 0 Å². The van der Waals surface area contributed by atoms with Crippen LogP contribution in [0.1, 0.15) is 31.2 Å². The molecule has 0 unspecified atom stereocenters. The largest absolute Gasteiger partial charge is 0.508 e. The van der Waals surface area contributed by atoms with Gasteiger partial charge in [-0.25, -0.2) is 0 Å². The van der Waals surface area contributed by atoms with Crippen LogP contribution in [0.25, 0.3) is 6.08 Å². The van der Waals surface area contributed by atoms with E-state index in [0.29, 0.717) is 12.0 Å². The molecule has 0 heterocycles. The van der Waals surface area contributed by atoms with Crippen LogP contribution >= 0.6 is 0 Å². The van der Waals surface area contributed by atoms with Gasteiger partial charge in [-0.2, -0.15) is 0 Å². The zero-order chi connectivity index (χ0) is 11.5. The monoisotopic (exact) mass is 218 g/mol. The number of phenols is 2. The normalized spacial score (nSPS) is 19.0. The Labute approximate surface area is 94.0 Å². The Bertz CT molecular complexity index is 446. The van der Waals surface area contributed by atoms with Gasteiger partial charge in [-0.15, -0.1) is 0 Å². The van der Waals surface area contributed by atoms with Gasteiger partial charge in [-0.3, -0.25) is 4.79 Å². The van der Waals surface area contributed by atoms with Gasteiger partial charge in [0.25, 0.3) is 0 Å². The summed E-state index contributed by atoms with van der Waals surface area (Å²) in [5, 5.41) is 18.9. The van der Waals surface area contributed by atoms with E-state index in [1.165, 1.54) is 18.2 Å². The van der Waals surface area contributed by atoms with Crippen molar-refractivity contribution in [3.8, 4) is 11.5 Å². The Balaban J connectivity index is 2.33. The maximum atomic E-state index is 11.6. The molecular formula is C13H14O3. The molecule has 0 spiro atoms. The standard InChI is InChI=1S/C13H14O3/c14-11-5-6-13(16)10(8-11)7-9-3-1-2-4-12(9)15/h5-8,14,16H,1-4H2/b9-7+. The Morgan fingerprint density at radius 2 is 1.88 bits per heavy atom. The fourth-order valence-electron chi connectivity index (χ4n) is 1.90. The van der Waals surface area contributed by atoms with Gasteiger partial charge in [0, 0.05) is 12.0 Å². The third kappa shape index (κ3) is 2.24. The highest BCUT2D eigenvalue weighted by molar-refractivity contribution is 6.00. The van der Waals surface area contributed by atoms with E-state index in [2.05, 4.69) is 0 Å². The number of ketones is 1. The topological polar surface area (TPSA) is 57.5 Å². The third-order valence-corrected chi connectivity index (χ3v) is 2.80. The van der Waals surface area contributed by atoms with Gasteiger partial charge in [-0.1, -0.05) is 0 Å². The van der Waals surface area contributed by atoms with Crippen LogP contribution in [0.15, 0.2) is 23.8 Å². The summed E-state index contributed by atoms with van der Waals surface area (Å²) in [5.74, 6) is 0.325. The van der Waals surface area contributed by atoms with Gasteiger partial charge in [0.05, 0.1) is 0 Å². The minimum atomic E-state index is 0.0867. The first-order valence-electron chi connectivity index (χ1n) is 5.42. The number of allylic oxidation sites excluding steroid dienone is 1. The summed E-state index contributed by atoms with van der Waals surface area (Å²) >= 11 is 0. The van der Waals surface area contributed by atoms with E-state index in [1.807, 2.05) is 0 Å². The number of rotatable bonds is 1. The Morgan fingerprint density at radius 1 is 1.12 bits per heavy atom. The van der Waals surface area contributed by atoms with Crippen LogP contribution in [0.3, 0.4) is 0 Å². The number of hydrogen-bond acceptors (Lipinski definition) is 3. The summed E-state index contributed by atoms with van der Waals surface area (Å²) in [6.45, 7) is 0. The predicted molar refractivity (Wildman–Crippen MR) is 61.2 cm³/mol. The number of Topliss-reactive ketones (excluding diaryl/α,β-unsaturated/α-hetero) is 1. The van der Waals surface area contributed by atoms with Crippen LogP contribution < -0.4 is 0 Å². The molecule has 84 valence electrons. The molecule has 2 N–H and O–H groups in total.